The van der Waals surface area contributed by atoms with Crippen LogP contribution in [0.25, 0.3) is 0 Å². The highest BCUT2D eigenvalue weighted by molar-refractivity contribution is 6.35. The largest absolute Gasteiger partial charge is 0.401 e. The van der Waals surface area contributed by atoms with Gasteiger partial charge in [0.1, 0.15) is 5.54 Å². The minimum atomic E-state index is -4.48. The Morgan fingerprint density at radius 2 is 1.95 bits per heavy atom. The van der Waals surface area contributed by atoms with Crippen LogP contribution in [-0.4, -0.2) is 18.6 Å². The Morgan fingerprint density at radius 3 is 2.37 bits per heavy atom. The molecule has 3 N–H and O–H groups in total. The van der Waals surface area contributed by atoms with E-state index in [0.29, 0.717) is 5.02 Å². The average molecular weight is 315 g/mol. The van der Waals surface area contributed by atoms with Crippen molar-refractivity contribution in [1.29, 1.82) is 0 Å². The Bertz CT molecular complexity index is 493. The standard InChI is InChI=1S/C11H11Cl2F3N2O/c1-10(9(17)19,18-5-11(14,15)16)7-3-2-6(12)4-8(7)13/h2-4,18H,5H2,1H3,(H2,17,19). The zero-order valence-electron chi connectivity index (χ0n) is 9.81. The number of carbonyl (C=O) groups excluding carboxylic acids is 1. The molecule has 0 aliphatic carbocycles. The molecule has 1 amide bonds. The minimum absolute atomic E-state index is 0.0588. The van der Waals surface area contributed by atoms with Crippen molar-refractivity contribution < 1.29 is 18.0 Å². The van der Waals surface area contributed by atoms with Gasteiger partial charge >= 0.3 is 6.18 Å². The second-order valence-corrected chi connectivity index (χ2v) is 4.93. The van der Waals surface area contributed by atoms with E-state index in [1.54, 1.807) is 0 Å². The van der Waals surface area contributed by atoms with E-state index in [1.165, 1.54) is 25.1 Å². The van der Waals surface area contributed by atoms with E-state index in [4.69, 9.17) is 28.9 Å². The fraction of sp³-hybridized carbons (Fsp3) is 0.364. The fourth-order valence-electron chi connectivity index (χ4n) is 1.49. The van der Waals surface area contributed by atoms with E-state index in [-0.39, 0.29) is 10.6 Å². The zero-order valence-corrected chi connectivity index (χ0v) is 11.3. The van der Waals surface area contributed by atoms with Crippen molar-refractivity contribution in [2.75, 3.05) is 6.54 Å². The highest BCUT2D eigenvalue weighted by atomic mass is 35.5. The summed E-state index contributed by atoms with van der Waals surface area (Å²) in [5, 5.41) is 2.45. The number of halogens is 5. The summed E-state index contributed by atoms with van der Waals surface area (Å²) < 4.78 is 36.8. The molecule has 0 aromatic heterocycles. The van der Waals surface area contributed by atoms with E-state index < -0.39 is 24.2 Å². The summed E-state index contributed by atoms with van der Waals surface area (Å²) in [7, 11) is 0. The molecule has 0 aliphatic rings. The van der Waals surface area contributed by atoms with Gasteiger partial charge in [-0.3, -0.25) is 10.1 Å². The van der Waals surface area contributed by atoms with Crippen molar-refractivity contribution in [3.8, 4) is 0 Å². The average Bonchev–Trinajstić information content (AvgIpc) is 2.24. The number of hydrogen-bond acceptors (Lipinski definition) is 2. The lowest BCUT2D eigenvalue weighted by Gasteiger charge is -2.29. The highest BCUT2D eigenvalue weighted by Gasteiger charge is 2.39. The van der Waals surface area contributed by atoms with Gasteiger partial charge in [-0.05, 0) is 19.1 Å². The summed E-state index contributed by atoms with van der Waals surface area (Å²) >= 11 is 11.6. The molecule has 19 heavy (non-hydrogen) atoms. The lowest BCUT2D eigenvalue weighted by Crippen LogP contribution is -2.53. The zero-order chi connectivity index (χ0) is 14.8. The van der Waals surface area contributed by atoms with Crippen LogP contribution in [-0.2, 0) is 10.3 Å². The fourth-order valence-corrected chi connectivity index (χ4v) is 2.08. The van der Waals surface area contributed by atoms with Gasteiger partial charge in [0.2, 0.25) is 5.91 Å². The van der Waals surface area contributed by atoms with Crippen LogP contribution in [0.3, 0.4) is 0 Å². The molecule has 0 fully saturated rings. The van der Waals surface area contributed by atoms with E-state index in [1.807, 2.05) is 0 Å². The second-order valence-electron chi connectivity index (χ2n) is 4.08. The van der Waals surface area contributed by atoms with E-state index in [2.05, 4.69) is 5.32 Å². The third-order valence-electron chi connectivity index (χ3n) is 2.60. The number of benzene rings is 1. The summed E-state index contributed by atoms with van der Waals surface area (Å²) in [4.78, 5) is 11.5. The van der Waals surface area contributed by atoms with Crippen LogP contribution in [0.4, 0.5) is 13.2 Å². The summed E-state index contributed by atoms with van der Waals surface area (Å²) in [6.07, 6.45) is -4.48. The van der Waals surface area contributed by atoms with Crippen molar-refractivity contribution in [2.24, 2.45) is 5.73 Å². The Morgan fingerprint density at radius 1 is 1.37 bits per heavy atom. The molecule has 3 nitrogen and oxygen atoms in total. The van der Waals surface area contributed by atoms with Crippen LogP contribution in [0.15, 0.2) is 18.2 Å². The molecule has 1 aromatic rings. The highest BCUT2D eigenvalue weighted by Crippen LogP contribution is 2.31. The Hall–Kier alpha value is -0.980. The van der Waals surface area contributed by atoms with Crippen LogP contribution in [0.2, 0.25) is 10.0 Å². The van der Waals surface area contributed by atoms with Crippen LogP contribution in [0.1, 0.15) is 12.5 Å². The normalized spacial score (nSPS) is 15.1. The number of nitrogens with two attached hydrogens (primary N) is 1. The number of amides is 1. The number of rotatable bonds is 4. The first-order chi connectivity index (χ1) is 8.56. The second kappa shape index (κ2) is 5.56. The van der Waals surface area contributed by atoms with Crippen LogP contribution in [0, 0.1) is 0 Å². The van der Waals surface area contributed by atoms with E-state index in [0.717, 1.165) is 0 Å². The predicted molar refractivity (Wildman–Crippen MR) is 67.1 cm³/mol. The van der Waals surface area contributed by atoms with Crippen molar-refractivity contribution in [2.45, 2.75) is 18.6 Å². The van der Waals surface area contributed by atoms with Crippen molar-refractivity contribution in [3.63, 3.8) is 0 Å². The van der Waals surface area contributed by atoms with Gasteiger partial charge < -0.3 is 5.73 Å². The number of primary amides is 1. The third kappa shape index (κ3) is 3.99. The molecule has 0 spiro atoms. The number of alkyl halides is 3. The lowest BCUT2D eigenvalue weighted by atomic mass is 9.91. The van der Waals surface area contributed by atoms with Gasteiger partial charge in [0.25, 0.3) is 0 Å². The first-order valence-electron chi connectivity index (χ1n) is 5.13. The molecule has 0 saturated carbocycles. The summed E-state index contributed by atoms with van der Waals surface area (Å²) in [6, 6.07) is 4.10. The quantitative estimate of drug-likeness (QED) is 0.898. The Kier molecular flexibility index (Phi) is 4.71. The maximum Gasteiger partial charge on any atom is 0.401 e. The molecular weight excluding hydrogens is 304 g/mol. The molecular formula is C11H11Cl2F3N2O. The summed E-state index contributed by atoms with van der Waals surface area (Å²) in [5.74, 6) is -0.971. The first-order valence-corrected chi connectivity index (χ1v) is 5.89. The third-order valence-corrected chi connectivity index (χ3v) is 3.15. The van der Waals surface area contributed by atoms with Crippen molar-refractivity contribution in [1.82, 2.24) is 5.32 Å². The predicted octanol–water partition coefficient (Wildman–Crippen LogP) is 2.85. The molecule has 1 aromatic carbocycles. The number of carbonyl (C=O) groups is 1. The van der Waals surface area contributed by atoms with Crippen LogP contribution in [0.5, 0.6) is 0 Å². The minimum Gasteiger partial charge on any atom is -0.368 e. The maximum absolute atomic E-state index is 12.3. The SMILES string of the molecule is CC(NCC(F)(F)F)(C(N)=O)c1ccc(Cl)cc1Cl. The monoisotopic (exact) mass is 314 g/mol. The molecule has 0 radical (unpaired) electrons. The maximum atomic E-state index is 12.3. The van der Waals surface area contributed by atoms with Gasteiger partial charge in [0, 0.05) is 15.6 Å². The molecule has 106 valence electrons. The summed E-state index contributed by atoms with van der Waals surface area (Å²) in [5.41, 5.74) is 3.57. The lowest BCUT2D eigenvalue weighted by molar-refractivity contribution is -0.135. The molecule has 0 aliphatic heterocycles. The van der Waals surface area contributed by atoms with Gasteiger partial charge in [-0.25, -0.2) is 0 Å². The van der Waals surface area contributed by atoms with Gasteiger partial charge in [0.05, 0.1) is 6.54 Å². The van der Waals surface area contributed by atoms with Gasteiger partial charge in [-0.1, -0.05) is 29.3 Å². The smallest absolute Gasteiger partial charge is 0.368 e. The van der Waals surface area contributed by atoms with Crippen molar-refractivity contribution >= 4 is 29.1 Å². The van der Waals surface area contributed by atoms with Crippen molar-refractivity contribution in [3.05, 3.63) is 33.8 Å². The van der Waals surface area contributed by atoms with Gasteiger partial charge in [-0.15, -0.1) is 0 Å². The molecule has 1 atom stereocenters. The van der Waals surface area contributed by atoms with E-state index in [9.17, 15) is 18.0 Å². The Balaban J connectivity index is 3.15. The molecule has 1 rings (SSSR count). The molecule has 0 heterocycles. The Labute approximate surface area is 117 Å². The summed E-state index contributed by atoms with van der Waals surface area (Å²) in [6.45, 7) is -0.137. The molecule has 0 saturated heterocycles. The van der Waals surface area contributed by atoms with E-state index >= 15 is 0 Å². The molecule has 1 unspecified atom stereocenters. The number of hydrogen-bond donors (Lipinski definition) is 2. The topological polar surface area (TPSA) is 55.1 Å². The first kappa shape index (κ1) is 16.1. The van der Waals surface area contributed by atoms with Gasteiger partial charge in [0.15, 0.2) is 0 Å². The van der Waals surface area contributed by atoms with Crippen LogP contribution >= 0.6 is 23.2 Å². The number of nitrogens with one attached hydrogen (secondary N) is 1. The molecule has 0 bridgehead atoms. The molecule has 8 heteroatoms. The van der Waals surface area contributed by atoms with Crippen LogP contribution < -0.4 is 11.1 Å². The van der Waals surface area contributed by atoms with Gasteiger partial charge in [-0.2, -0.15) is 13.2 Å².